The highest BCUT2D eigenvalue weighted by Gasteiger charge is 2.21. The number of nitro groups is 1. The van der Waals surface area contributed by atoms with Crippen molar-refractivity contribution in [3.63, 3.8) is 0 Å². The molecule has 20 heavy (non-hydrogen) atoms. The van der Waals surface area contributed by atoms with Gasteiger partial charge in [0.05, 0.1) is 16.7 Å². The maximum Gasteiger partial charge on any atom is 0.375 e. The Hall–Kier alpha value is -2.64. The van der Waals surface area contributed by atoms with Gasteiger partial charge in [-0.15, -0.1) is 0 Å². The van der Waals surface area contributed by atoms with E-state index in [1.807, 2.05) is 6.92 Å². The van der Waals surface area contributed by atoms with Gasteiger partial charge in [-0.2, -0.15) is 0 Å². The van der Waals surface area contributed by atoms with Crippen molar-refractivity contribution in [2.45, 2.75) is 19.9 Å². The molecule has 0 fully saturated rings. The average molecular weight is 278 g/mol. The Morgan fingerprint density at radius 1 is 1.45 bits per heavy atom. The van der Waals surface area contributed by atoms with Crippen LogP contribution in [-0.2, 0) is 9.53 Å². The number of hydrazine groups is 1. The van der Waals surface area contributed by atoms with Gasteiger partial charge in [0.25, 0.3) is 5.69 Å². The Labute approximate surface area is 115 Å². The molecule has 8 nitrogen and oxygen atoms in total. The smallest absolute Gasteiger partial charge is 0.375 e. The minimum Gasteiger partial charge on any atom is -0.458 e. The fraction of sp³-hybridized carbons (Fsp3) is 0.333. The third kappa shape index (κ3) is 3.02. The van der Waals surface area contributed by atoms with Crippen LogP contribution in [0.2, 0.25) is 0 Å². The number of nitrogens with one attached hydrogen (secondary N) is 2. The second-order valence-corrected chi connectivity index (χ2v) is 4.43. The van der Waals surface area contributed by atoms with Gasteiger partial charge in [-0.3, -0.25) is 26.0 Å². The van der Waals surface area contributed by atoms with Gasteiger partial charge in [-0.05, 0) is 19.4 Å². The number of aliphatic imine (C=N–C) groups is 1. The standard InChI is InChI=1S/C12H14N4O4/c1-7-3-4-9(16(18)19)5-10(7)14-15-11-12(17)20-6-8(2)13-11/h3-5,8,14H,6H2,1-2H3,(H,13,15)/t8-/m0/s1. The van der Waals surface area contributed by atoms with E-state index in [1.165, 1.54) is 12.1 Å². The fourth-order valence-electron chi connectivity index (χ4n) is 1.64. The molecule has 0 aliphatic carbocycles. The number of cyclic esters (lactones) is 1. The van der Waals surface area contributed by atoms with Gasteiger partial charge in [0.1, 0.15) is 6.61 Å². The molecule has 2 rings (SSSR count). The van der Waals surface area contributed by atoms with E-state index < -0.39 is 10.9 Å². The zero-order valence-electron chi connectivity index (χ0n) is 11.0. The molecule has 2 N–H and O–H groups in total. The lowest BCUT2D eigenvalue weighted by molar-refractivity contribution is -0.384. The van der Waals surface area contributed by atoms with Gasteiger partial charge in [0, 0.05) is 12.1 Å². The predicted octanol–water partition coefficient (Wildman–Crippen LogP) is 1.16. The number of aryl methyl sites for hydroxylation is 1. The lowest BCUT2D eigenvalue weighted by Gasteiger charge is -2.19. The highest BCUT2D eigenvalue weighted by atomic mass is 16.6. The van der Waals surface area contributed by atoms with Gasteiger partial charge in [-0.25, -0.2) is 4.79 Å². The second-order valence-electron chi connectivity index (χ2n) is 4.43. The zero-order valence-corrected chi connectivity index (χ0v) is 11.0. The molecule has 8 heteroatoms. The normalized spacial score (nSPS) is 18.0. The predicted molar refractivity (Wildman–Crippen MR) is 72.4 cm³/mol. The minimum atomic E-state index is -0.557. The number of esters is 1. The maximum atomic E-state index is 11.5. The first-order chi connectivity index (χ1) is 9.47. The highest BCUT2D eigenvalue weighted by Crippen LogP contribution is 2.21. The first-order valence-corrected chi connectivity index (χ1v) is 5.99. The van der Waals surface area contributed by atoms with Crippen LogP contribution in [0.1, 0.15) is 12.5 Å². The Morgan fingerprint density at radius 3 is 2.90 bits per heavy atom. The van der Waals surface area contributed by atoms with Crippen LogP contribution in [0.15, 0.2) is 23.2 Å². The number of ether oxygens (including phenoxy) is 1. The molecule has 1 heterocycles. The number of carbonyl (C=O) groups is 1. The molecule has 0 bridgehead atoms. The van der Waals surface area contributed by atoms with Crippen LogP contribution in [0, 0.1) is 17.0 Å². The van der Waals surface area contributed by atoms with E-state index in [0.29, 0.717) is 5.69 Å². The largest absolute Gasteiger partial charge is 0.458 e. The van der Waals surface area contributed by atoms with Gasteiger partial charge in [-0.1, -0.05) is 6.07 Å². The van der Waals surface area contributed by atoms with Gasteiger partial charge >= 0.3 is 5.97 Å². The molecule has 0 amide bonds. The van der Waals surface area contributed by atoms with Crippen LogP contribution in [-0.4, -0.2) is 29.4 Å². The summed E-state index contributed by atoms with van der Waals surface area (Å²) in [7, 11) is 0. The number of nitro benzene ring substituents is 1. The number of anilines is 1. The number of non-ortho nitro benzene ring substituents is 1. The minimum absolute atomic E-state index is 0.0403. The molecule has 106 valence electrons. The lowest BCUT2D eigenvalue weighted by Crippen LogP contribution is -2.41. The summed E-state index contributed by atoms with van der Waals surface area (Å²) >= 11 is 0. The molecule has 1 aliphatic rings. The lowest BCUT2D eigenvalue weighted by atomic mass is 10.2. The summed E-state index contributed by atoms with van der Waals surface area (Å²) in [5.74, 6) is -0.506. The van der Waals surface area contributed by atoms with Gasteiger partial charge in [0.2, 0.25) is 5.84 Å². The quantitative estimate of drug-likeness (QED) is 0.488. The molecule has 0 unspecified atom stereocenters. The van der Waals surface area contributed by atoms with Crippen LogP contribution in [0.25, 0.3) is 0 Å². The van der Waals surface area contributed by atoms with E-state index in [1.54, 1.807) is 13.0 Å². The van der Waals surface area contributed by atoms with Crippen LogP contribution in [0.5, 0.6) is 0 Å². The monoisotopic (exact) mass is 278 g/mol. The van der Waals surface area contributed by atoms with Gasteiger partial charge in [0.15, 0.2) is 0 Å². The van der Waals surface area contributed by atoms with Crippen LogP contribution < -0.4 is 10.9 Å². The van der Waals surface area contributed by atoms with E-state index in [-0.39, 0.29) is 24.2 Å². The molecule has 1 aromatic carbocycles. The van der Waals surface area contributed by atoms with Crippen molar-refractivity contribution < 1.29 is 14.5 Å². The van der Waals surface area contributed by atoms with E-state index in [4.69, 9.17) is 4.74 Å². The molecule has 1 atom stereocenters. The molecule has 0 aromatic heterocycles. The highest BCUT2D eigenvalue weighted by molar-refractivity contribution is 6.35. The van der Waals surface area contributed by atoms with Crippen LogP contribution in [0.4, 0.5) is 11.4 Å². The van der Waals surface area contributed by atoms with Crippen molar-refractivity contribution in [3.8, 4) is 0 Å². The molecule has 0 spiro atoms. The molecule has 1 aromatic rings. The Bertz CT molecular complexity index is 585. The summed E-state index contributed by atoms with van der Waals surface area (Å²) in [5.41, 5.74) is 6.62. The number of amidine groups is 1. The third-order valence-electron chi connectivity index (χ3n) is 2.75. The number of rotatable bonds is 3. The summed E-state index contributed by atoms with van der Waals surface area (Å²) < 4.78 is 4.90. The summed E-state index contributed by atoms with van der Waals surface area (Å²) in [6.45, 7) is 3.85. The Morgan fingerprint density at radius 2 is 2.20 bits per heavy atom. The van der Waals surface area contributed by atoms with E-state index >= 15 is 0 Å². The SMILES string of the molecule is Cc1ccc([N+](=O)[O-])cc1NNC1=N[C@@H](C)COC1=O. The number of hydrogen-bond donors (Lipinski definition) is 2. The number of hydrogen-bond acceptors (Lipinski definition) is 7. The van der Waals surface area contributed by atoms with Crippen molar-refractivity contribution in [2.75, 3.05) is 12.0 Å². The summed E-state index contributed by atoms with van der Waals surface area (Å²) in [6.07, 6.45) is 0. The first-order valence-electron chi connectivity index (χ1n) is 5.99. The molecule has 0 saturated carbocycles. The number of carbonyl (C=O) groups excluding carboxylic acids is 1. The molecule has 0 saturated heterocycles. The van der Waals surface area contributed by atoms with E-state index in [2.05, 4.69) is 15.8 Å². The fourth-order valence-corrected chi connectivity index (χ4v) is 1.64. The van der Waals surface area contributed by atoms with Crippen molar-refractivity contribution >= 4 is 23.2 Å². The van der Waals surface area contributed by atoms with Crippen LogP contribution in [0.3, 0.4) is 0 Å². The summed E-state index contributed by atoms with van der Waals surface area (Å²) in [5, 5.41) is 10.7. The Balaban J connectivity index is 2.12. The van der Waals surface area contributed by atoms with Crippen molar-refractivity contribution in [3.05, 3.63) is 33.9 Å². The molecule has 0 radical (unpaired) electrons. The first kappa shape index (κ1) is 13.8. The van der Waals surface area contributed by atoms with Crippen molar-refractivity contribution in [1.82, 2.24) is 5.43 Å². The molecular weight excluding hydrogens is 264 g/mol. The van der Waals surface area contributed by atoms with E-state index in [0.717, 1.165) is 5.56 Å². The Kier molecular flexibility index (Phi) is 3.83. The molecular formula is C12H14N4O4. The van der Waals surface area contributed by atoms with Gasteiger partial charge < -0.3 is 4.74 Å². The maximum absolute atomic E-state index is 11.5. The summed E-state index contributed by atoms with van der Waals surface area (Å²) in [6, 6.07) is 4.28. The number of nitrogens with zero attached hydrogens (tertiary/aromatic N) is 2. The topological polar surface area (TPSA) is 106 Å². The molecule has 1 aliphatic heterocycles. The third-order valence-corrected chi connectivity index (χ3v) is 2.75. The van der Waals surface area contributed by atoms with E-state index in [9.17, 15) is 14.9 Å². The second kappa shape index (κ2) is 5.55. The van der Waals surface area contributed by atoms with Crippen molar-refractivity contribution in [1.29, 1.82) is 0 Å². The number of benzene rings is 1. The van der Waals surface area contributed by atoms with Crippen molar-refractivity contribution in [2.24, 2.45) is 4.99 Å². The average Bonchev–Trinajstić information content (AvgIpc) is 2.41. The summed E-state index contributed by atoms with van der Waals surface area (Å²) in [4.78, 5) is 25.8. The van der Waals surface area contributed by atoms with Crippen LogP contribution >= 0.6 is 0 Å². The zero-order chi connectivity index (χ0) is 14.7.